The molecule has 0 saturated heterocycles. The molecule has 50 heavy (non-hydrogen) atoms. The van der Waals surface area contributed by atoms with Crippen molar-refractivity contribution in [3.63, 3.8) is 0 Å². The first-order valence-corrected chi connectivity index (χ1v) is 18.8. The van der Waals surface area contributed by atoms with E-state index in [4.69, 9.17) is 4.99 Å². The van der Waals surface area contributed by atoms with Crippen LogP contribution in [0.1, 0.15) is 36.8 Å². The third-order valence-corrected chi connectivity index (χ3v) is 13.0. The molecule has 1 N–H and O–H groups in total. The van der Waals surface area contributed by atoms with Crippen molar-refractivity contribution in [2.24, 2.45) is 4.99 Å². The summed E-state index contributed by atoms with van der Waals surface area (Å²) in [6.45, 7) is 7.38. The lowest BCUT2D eigenvalue weighted by molar-refractivity contribution is -0.132. The highest BCUT2D eigenvalue weighted by molar-refractivity contribution is 7.27. The lowest BCUT2D eigenvalue weighted by Crippen LogP contribution is -2.23. The van der Waals surface area contributed by atoms with E-state index >= 15 is 0 Å². The van der Waals surface area contributed by atoms with E-state index in [0.717, 1.165) is 28.4 Å². The number of benzene rings is 3. The molecule has 0 aliphatic carbocycles. The first-order valence-electron chi connectivity index (χ1n) is 16.3. The van der Waals surface area contributed by atoms with Gasteiger partial charge in [-0.3, -0.25) is 4.99 Å². The molecule has 7 aromatic rings. The number of rotatable bonds is 8. The highest BCUT2D eigenvalue weighted by Crippen LogP contribution is 2.44. The van der Waals surface area contributed by atoms with Crippen LogP contribution in [0.25, 0.3) is 63.9 Å². The number of fused-ring (bicyclic) bond motifs is 4. The molecule has 3 aromatic carbocycles. The van der Waals surface area contributed by atoms with Gasteiger partial charge in [-0.05, 0) is 109 Å². The van der Waals surface area contributed by atoms with Gasteiger partial charge in [0.1, 0.15) is 11.6 Å². The molecule has 1 aliphatic rings. The molecular formula is C42H31N3O2S3. The number of hydrogen-bond donors (Lipinski definition) is 1. The number of nitrogens with zero attached hydrogens (tertiary/aromatic N) is 3. The average Bonchev–Trinajstić information content (AvgIpc) is 3.96. The molecule has 0 atom stereocenters. The molecule has 0 unspecified atom stereocenters. The SMILES string of the molecule is CCn1c2ccccc2c2cc(-c3ccc(-c4ccc(-c5ccc(C=CC6=Nc7ccc(C=C(C#N)C(=O)O)cc7C6(C)C)s5)s4)s3)ccc21. The topological polar surface area (TPSA) is 78.4 Å². The normalized spacial score (nSPS) is 14.0. The molecule has 244 valence electrons. The summed E-state index contributed by atoms with van der Waals surface area (Å²) in [5.74, 6) is -1.23. The lowest BCUT2D eigenvalue weighted by Gasteiger charge is -2.20. The van der Waals surface area contributed by atoms with Crippen molar-refractivity contribution >= 4 is 85.3 Å². The zero-order valence-electron chi connectivity index (χ0n) is 27.6. The van der Waals surface area contributed by atoms with Crippen LogP contribution >= 0.6 is 34.0 Å². The van der Waals surface area contributed by atoms with Gasteiger partial charge in [-0.2, -0.15) is 5.26 Å². The molecule has 0 saturated carbocycles. The Labute approximate surface area is 302 Å². The number of thiophene rings is 3. The van der Waals surface area contributed by atoms with E-state index in [-0.39, 0.29) is 11.0 Å². The van der Waals surface area contributed by atoms with Crippen molar-refractivity contribution in [1.29, 1.82) is 5.26 Å². The number of allylic oxidation sites excluding steroid dienone is 1. The van der Waals surface area contributed by atoms with Crippen molar-refractivity contribution in [1.82, 2.24) is 4.57 Å². The minimum atomic E-state index is -1.23. The Morgan fingerprint density at radius 1 is 0.820 bits per heavy atom. The van der Waals surface area contributed by atoms with Gasteiger partial charge < -0.3 is 9.67 Å². The molecule has 0 radical (unpaired) electrons. The number of aliphatic imine (C=N–C) groups is 1. The Morgan fingerprint density at radius 2 is 1.50 bits per heavy atom. The van der Waals surface area contributed by atoms with Gasteiger partial charge in [0.2, 0.25) is 0 Å². The number of nitriles is 1. The summed E-state index contributed by atoms with van der Waals surface area (Å²) < 4.78 is 2.39. The van der Waals surface area contributed by atoms with E-state index in [0.29, 0.717) is 5.56 Å². The van der Waals surface area contributed by atoms with Crippen LogP contribution in [-0.2, 0) is 16.8 Å². The Hall–Kier alpha value is -5.33. The molecule has 1 aliphatic heterocycles. The minimum Gasteiger partial charge on any atom is -0.477 e. The van der Waals surface area contributed by atoms with E-state index in [1.165, 1.54) is 57.8 Å². The van der Waals surface area contributed by atoms with Gasteiger partial charge in [0.15, 0.2) is 0 Å². The molecule has 4 aromatic heterocycles. The molecule has 0 fully saturated rings. The molecule has 8 rings (SSSR count). The van der Waals surface area contributed by atoms with Gasteiger partial charge in [-0.15, -0.1) is 34.0 Å². The summed E-state index contributed by atoms with van der Waals surface area (Å²) in [5.41, 5.74) is 6.63. The smallest absolute Gasteiger partial charge is 0.346 e. The van der Waals surface area contributed by atoms with Gasteiger partial charge >= 0.3 is 5.97 Å². The Kier molecular flexibility index (Phi) is 7.99. The number of aliphatic carboxylic acids is 1. The number of para-hydroxylation sites is 1. The van der Waals surface area contributed by atoms with Crippen molar-refractivity contribution in [2.45, 2.75) is 32.7 Å². The van der Waals surface area contributed by atoms with E-state index in [2.05, 4.69) is 116 Å². The number of carboxylic acids is 1. The highest BCUT2D eigenvalue weighted by atomic mass is 32.1. The van der Waals surface area contributed by atoms with Crippen LogP contribution in [0.3, 0.4) is 0 Å². The molecular weight excluding hydrogens is 675 g/mol. The van der Waals surface area contributed by atoms with Gasteiger partial charge in [0.05, 0.1) is 11.4 Å². The second-order valence-corrected chi connectivity index (χ2v) is 16.0. The maximum Gasteiger partial charge on any atom is 0.346 e. The van der Waals surface area contributed by atoms with Crippen molar-refractivity contribution in [2.75, 3.05) is 0 Å². The molecule has 0 bridgehead atoms. The van der Waals surface area contributed by atoms with Gasteiger partial charge in [0, 0.05) is 63.0 Å². The van der Waals surface area contributed by atoms with Crippen LogP contribution in [0.2, 0.25) is 0 Å². The monoisotopic (exact) mass is 705 g/mol. The van der Waals surface area contributed by atoms with Crippen LogP contribution in [0, 0.1) is 11.3 Å². The molecule has 8 heteroatoms. The number of carbonyl (C=O) groups is 1. The minimum absolute atomic E-state index is 0.293. The third kappa shape index (κ3) is 5.54. The van der Waals surface area contributed by atoms with Crippen LogP contribution in [0.15, 0.2) is 114 Å². The fourth-order valence-electron chi connectivity index (χ4n) is 6.71. The zero-order chi connectivity index (χ0) is 34.6. The molecule has 0 spiro atoms. The summed E-state index contributed by atoms with van der Waals surface area (Å²) in [6, 6.07) is 36.2. The second-order valence-electron chi connectivity index (χ2n) is 12.7. The van der Waals surface area contributed by atoms with E-state index in [1.54, 1.807) is 23.5 Å². The quantitative estimate of drug-likeness (QED) is 0.126. The van der Waals surface area contributed by atoms with Gasteiger partial charge in [0.25, 0.3) is 0 Å². The Bertz CT molecular complexity index is 2610. The highest BCUT2D eigenvalue weighted by Gasteiger charge is 2.33. The zero-order valence-corrected chi connectivity index (χ0v) is 30.0. The predicted molar refractivity (Wildman–Crippen MR) is 212 cm³/mol. The van der Waals surface area contributed by atoms with Crippen molar-refractivity contribution in [3.05, 3.63) is 125 Å². The fraction of sp³-hybridized carbons (Fsp3) is 0.119. The third-order valence-electron chi connectivity index (χ3n) is 9.34. The summed E-state index contributed by atoms with van der Waals surface area (Å²) >= 11 is 5.42. The molecule has 5 heterocycles. The van der Waals surface area contributed by atoms with Gasteiger partial charge in [-0.1, -0.05) is 44.2 Å². The van der Waals surface area contributed by atoms with E-state index in [1.807, 2.05) is 34.8 Å². The largest absolute Gasteiger partial charge is 0.477 e. The molecule has 5 nitrogen and oxygen atoms in total. The first-order chi connectivity index (χ1) is 24.2. The van der Waals surface area contributed by atoms with Crippen LogP contribution in [-0.4, -0.2) is 21.4 Å². The van der Waals surface area contributed by atoms with Gasteiger partial charge in [-0.25, -0.2) is 4.79 Å². The number of aromatic nitrogens is 1. The Morgan fingerprint density at radius 3 is 2.24 bits per heavy atom. The van der Waals surface area contributed by atoms with Crippen LogP contribution in [0.4, 0.5) is 5.69 Å². The molecule has 0 amide bonds. The number of carboxylic acid groups (broad SMARTS) is 1. The van der Waals surface area contributed by atoms with Crippen LogP contribution in [0.5, 0.6) is 0 Å². The van der Waals surface area contributed by atoms with Crippen molar-refractivity contribution in [3.8, 4) is 36.0 Å². The summed E-state index contributed by atoms with van der Waals surface area (Å²) in [6.07, 6.45) is 5.60. The predicted octanol–water partition coefficient (Wildman–Crippen LogP) is 12.1. The lowest BCUT2D eigenvalue weighted by atomic mass is 9.80. The first kappa shape index (κ1) is 31.9. The Balaban J connectivity index is 0.995. The number of hydrogen-bond acceptors (Lipinski definition) is 6. The summed E-state index contributed by atoms with van der Waals surface area (Å²) in [5, 5.41) is 21.0. The fourth-order valence-corrected chi connectivity index (χ4v) is 9.81. The maximum absolute atomic E-state index is 11.3. The average molecular weight is 706 g/mol. The second kappa shape index (κ2) is 12.5. The van der Waals surface area contributed by atoms with E-state index in [9.17, 15) is 15.2 Å². The summed E-state index contributed by atoms with van der Waals surface area (Å²) in [7, 11) is 0. The maximum atomic E-state index is 11.3. The van der Waals surface area contributed by atoms with E-state index < -0.39 is 5.97 Å². The van der Waals surface area contributed by atoms with Crippen LogP contribution < -0.4 is 0 Å². The number of aryl methyl sites for hydroxylation is 1. The standard InChI is InChI=1S/C42H31N3O2S3/c1-4-45-33-8-6-5-7-29(33)30-23-26(10-14-34(30)45)35-16-17-38(49-35)39-19-18-37(50-39)36-15-11-28(48-36)12-20-40-42(2,3)31-22-25(9-13-32(31)44-40)21-27(24-43)41(46)47/h5-23H,4H2,1-3H3,(H,46,47). The van der Waals surface area contributed by atoms with Crippen molar-refractivity contribution < 1.29 is 9.90 Å². The summed E-state index contributed by atoms with van der Waals surface area (Å²) in [4.78, 5) is 23.7.